The van der Waals surface area contributed by atoms with Crippen molar-refractivity contribution in [1.29, 1.82) is 0 Å². The summed E-state index contributed by atoms with van der Waals surface area (Å²) in [5.74, 6) is -0.379. The van der Waals surface area contributed by atoms with Gasteiger partial charge in [-0.15, -0.1) is 0 Å². The largest absolute Gasteiger partial charge is 0.457 e. The van der Waals surface area contributed by atoms with Crippen LogP contribution in [-0.4, -0.2) is 142 Å². The first-order valence-electron chi connectivity index (χ1n) is 24.8. The zero-order chi connectivity index (χ0) is 45.2. The lowest BCUT2D eigenvalue weighted by atomic mass is 9.98. The van der Waals surface area contributed by atoms with Gasteiger partial charge in [0.15, 0.2) is 12.6 Å². The number of unbranched alkanes of at least 4 members (excludes halogenated alkanes) is 23. The van der Waals surface area contributed by atoms with Crippen LogP contribution in [-0.2, 0) is 33.2 Å². The lowest BCUT2D eigenvalue weighted by molar-refractivity contribution is -0.332. The first-order chi connectivity index (χ1) is 30.1. The fraction of sp³-hybridized carbons (Fsp3) is 0.938. The molecule has 14 nitrogen and oxygen atoms in total. The molecule has 0 spiro atoms. The van der Waals surface area contributed by atoms with Crippen LogP contribution in [0.2, 0.25) is 0 Å². The molecule has 62 heavy (non-hydrogen) atoms. The van der Waals surface area contributed by atoms with Crippen molar-refractivity contribution >= 4 is 5.97 Å². The maximum atomic E-state index is 12.9. The Kier molecular flexibility index (Phi) is 33.8. The van der Waals surface area contributed by atoms with Crippen LogP contribution in [0.15, 0.2) is 12.2 Å². The van der Waals surface area contributed by atoms with Gasteiger partial charge in [-0.2, -0.15) is 0 Å². The van der Waals surface area contributed by atoms with Gasteiger partial charge in [-0.3, -0.25) is 4.79 Å². The maximum absolute atomic E-state index is 12.9. The van der Waals surface area contributed by atoms with E-state index in [1.165, 1.54) is 122 Å². The molecule has 0 aliphatic carbocycles. The van der Waals surface area contributed by atoms with Gasteiger partial charge in [0, 0.05) is 13.0 Å². The van der Waals surface area contributed by atoms with Crippen LogP contribution < -0.4 is 0 Å². The van der Waals surface area contributed by atoms with Crippen LogP contribution in [0.1, 0.15) is 187 Å². The lowest BCUT2D eigenvalue weighted by Gasteiger charge is -2.42. The predicted octanol–water partition coefficient (Wildman–Crippen LogP) is 6.68. The summed E-state index contributed by atoms with van der Waals surface area (Å²) in [7, 11) is 0. The molecule has 14 heteroatoms. The van der Waals surface area contributed by atoms with Crippen molar-refractivity contribution in [1.82, 2.24) is 0 Å². The topological polar surface area (TPSA) is 214 Å². The first kappa shape index (κ1) is 56.9. The molecule has 0 aromatic rings. The van der Waals surface area contributed by atoms with E-state index in [0.717, 1.165) is 38.5 Å². The molecule has 2 fully saturated rings. The minimum Gasteiger partial charge on any atom is -0.457 e. The summed E-state index contributed by atoms with van der Waals surface area (Å²) in [4.78, 5) is 12.9. The molecule has 0 bridgehead atoms. The smallest absolute Gasteiger partial charge is 0.306 e. The van der Waals surface area contributed by atoms with Gasteiger partial charge in [0.1, 0.15) is 54.9 Å². The normalized spacial score (nSPS) is 27.2. The van der Waals surface area contributed by atoms with Crippen molar-refractivity contribution in [3.05, 3.63) is 12.2 Å². The molecule has 0 amide bonds. The molecule has 2 aliphatic rings. The van der Waals surface area contributed by atoms with E-state index < -0.39 is 80.7 Å². The Morgan fingerprint density at radius 1 is 0.516 bits per heavy atom. The van der Waals surface area contributed by atoms with Crippen molar-refractivity contribution in [2.45, 2.75) is 255 Å². The third-order valence-corrected chi connectivity index (χ3v) is 12.0. The Hall–Kier alpha value is -1.27. The Bertz CT molecular complexity index is 1080. The predicted molar refractivity (Wildman–Crippen MR) is 238 cm³/mol. The Balaban J connectivity index is 1.74. The molecule has 0 aromatic carbocycles. The van der Waals surface area contributed by atoms with E-state index >= 15 is 0 Å². The number of aliphatic hydroxyl groups is 7. The monoisotopic (exact) mass is 891 g/mol. The number of carbonyl (C=O) groups is 1. The maximum Gasteiger partial charge on any atom is 0.306 e. The van der Waals surface area contributed by atoms with Crippen molar-refractivity contribution < 1.29 is 69.0 Å². The second kappa shape index (κ2) is 36.9. The van der Waals surface area contributed by atoms with Crippen LogP contribution in [0.4, 0.5) is 0 Å². The zero-order valence-corrected chi connectivity index (χ0v) is 38.6. The molecule has 366 valence electrons. The van der Waals surface area contributed by atoms with Crippen LogP contribution in [0.3, 0.4) is 0 Å². The SMILES string of the molecule is CCCCCCCCC/C=C\CCCCCCCCCCOCC(COC1OC(COC2OC(CO)C(O)C(O)C2O)C(O)C(O)C1O)OC(=O)CCCCCCCCCCC. The molecule has 0 radical (unpaired) electrons. The minimum atomic E-state index is -1.70. The molecule has 0 aromatic heterocycles. The van der Waals surface area contributed by atoms with Crippen LogP contribution >= 0.6 is 0 Å². The van der Waals surface area contributed by atoms with Crippen LogP contribution in [0.5, 0.6) is 0 Å². The van der Waals surface area contributed by atoms with Crippen molar-refractivity contribution in [2.75, 3.05) is 33.0 Å². The van der Waals surface area contributed by atoms with Crippen molar-refractivity contribution in [3.63, 3.8) is 0 Å². The Morgan fingerprint density at radius 3 is 1.47 bits per heavy atom. The van der Waals surface area contributed by atoms with Gasteiger partial charge in [0.25, 0.3) is 0 Å². The van der Waals surface area contributed by atoms with Gasteiger partial charge in [-0.25, -0.2) is 0 Å². The highest BCUT2D eigenvalue weighted by atomic mass is 16.7. The number of hydrogen-bond donors (Lipinski definition) is 7. The molecular formula is C48H90O14. The number of aliphatic hydroxyl groups excluding tert-OH is 7. The molecule has 11 unspecified atom stereocenters. The first-order valence-corrected chi connectivity index (χ1v) is 24.8. The number of allylic oxidation sites excluding steroid dienone is 2. The number of rotatable bonds is 39. The van der Waals surface area contributed by atoms with Crippen LogP contribution in [0.25, 0.3) is 0 Å². The summed E-state index contributed by atoms with van der Waals surface area (Å²) in [5, 5.41) is 71.9. The van der Waals surface area contributed by atoms with Gasteiger partial charge >= 0.3 is 5.97 Å². The van der Waals surface area contributed by atoms with E-state index in [2.05, 4.69) is 26.0 Å². The fourth-order valence-corrected chi connectivity index (χ4v) is 7.93. The van der Waals surface area contributed by atoms with Crippen molar-refractivity contribution in [3.8, 4) is 0 Å². The second-order valence-electron chi connectivity index (χ2n) is 17.6. The molecule has 2 saturated heterocycles. The third kappa shape index (κ3) is 24.9. The molecule has 7 N–H and O–H groups in total. The highest BCUT2D eigenvalue weighted by Crippen LogP contribution is 2.26. The summed E-state index contributed by atoms with van der Waals surface area (Å²) < 4.78 is 34.2. The lowest BCUT2D eigenvalue weighted by Crippen LogP contribution is -2.61. The van der Waals surface area contributed by atoms with E-state index in [9.17, 15) is 40.5 Å². The summed E-state index contributed by atoms with van der Waals surface area (Å²) >= 11 is 0. The number of hydrogen-bond acceptors (Lipinski definition) is 14. The molecule has 2 rings (SSSR count). The van der Waals surface area contributed by atoms with Gasteiger partial charge in [-0.05, 0) is 38.5 Å². The van der Waals surface area contributed by atoms with Crippen LogP contribution in [0, 0.1) is 0 Å². The van der Waals surface area contributed by atoms with E-state index in [1.54, 1.807) is 0 Å². The third-order valence-electron chi connectivity index (χ3n) is 12.0. The summed E-state index contributed by atoms with van der Waals surface area (Å²) in [5.41, 5.74) is 0. The van der Waals surface area contributed by atoms with Gasteiger partial charge in [0.05, 0.1) is 26.4 Å². The van der Waals surface area contributed by atoms with Crippen molar-refractivity contribution in [2.24, 2.45) is 0 Å². The molecule has 0 saturated carbocycles. The van der Waals surface area contributed by atoms with Gasteiger partial charge in [0.2, 0.25) is 0 Å². The van der Waals surface area contributed by atoms with E-state index in [1.807, 2.05) is 0 Å². The summed E-state index contributed by atoms with van der Waals surface area (Å²) in [6.07, 6.45) is 20.0. The van der Waals surface area contributed by atoms with E-state index in [-0.39, 0.29) is 25.6 Å². The number of esters is 1. The van der Waals surface area contributed by atoms with E-state index in [0.29, 0.717) is 13.0 Å². The molecule has 2 aliphatic heterocycles. The Morgan fingerprint density at radius 2 is 0.952 bits per heavy atom. The Labute approximate surface area is 374 Å². The quantitative estimate of drug-likeness (QED) is 0.0195. The standard InChI is InChI=1S/C48H90O14/c1-3-5-7-9-11-13-14-15-16-17-18-19-20-21-22-24-26-28-30-32-57-34-37(60-40(50)31-29-27-25-23-12-10-8-6-4-2)35-58-47-46(56)44(54)42(52)39(62-47)36-59-48-45(55)43(53)41(51)38(33-49)61-48/h16-17,37-39,41-49,51-56H,3-15,18-36H2,1-2H3/b17-16-. The highest BCUT2D eigenvalue weighted by Gasteiger charge is 2.47. The average Bonchev–Trinajstić information content (AvgIpc) is 3.27. The summed E-state index contributed by atoms with van der Waals surface area (Å²) in [6, 6.07) is 0. The van der Waals surface area contributed by atoms with E-state index in [4.69, 9.17) is 28.4 Å². The minimum absolute atomic E-state index is 0.0641. The second-order valence-corrected chi connectivity index (χ2v) is 17.6. The fourth-order valence-electron chi connectivity index (χ4n) is 7.93. The average molecular weight is 891 g/mol. The van der Waals surface area contributed by atoms with Gasteiger partial charge in [-0.1, -0.05) is 154 Å². The van der Waals surface area contributed by atoms with Gasteiger partial charge < -0.3 is 64.2 Å². The highest BCUT2D eigenvalue weighted by molar-refractivity contribution is 5.69. The number of ether oxygens (including phenoxy) is 6. The zero-order valence-electron chi connectivity index (χ0n) is 38.6. The summed E-state index contributed by atoms with van der Waals surface area (Å²) in [6.45, 7) is 3.67. The molecule has 11 atom stereocenters. The molecular weight excluding hydrogens is 801 g/mol. The molecule has 2 heterocycles. The number of carbonyl (C=O) groups excluding carboxylic acids is 1.